The molecule has 5 nitrogen and oxygen atoms in total. The van der Waals surface area contributed by atoms with Crippen LogP contribution in [0.25, 0.3) is 11.3 Å². The molecule has 0 amide bonds. The lowest BCUT2D eigenvalue weighted by atomic mass is 10.1. The van der Waals surface area contributed by atoms with Crippen LogP contribution in [-0.2, 0) is 13.3 Å². The minimum atomic E-state index is 0.447. The number of nitriles is 1. The van der Waals surface area contributed by atoms with E-state index in [2.05, 4.69) is 28.2 Å². The van der Waals surface area contributed by atoms with E-state index in [-0.39, 0.29) is 0 Å². The molecule has 1 fully saturated rings. The third kappa shape index (κ3) is 4.55. The fourth-order valence-electron chi connectivity index (χ4n) is 3.09. The minimum absolute atomic E-state index is 0.447. The number of benzene rings is 2. The minimum Gasteiger partial charge on any atom is -0.489 e. The van der Waals surface area contributed by atoms with Crippen LogP contribution in [0.15, 0.2) is 66.9 Å². The standard InChI is InChI=1S/C22H22N4O/c23-12-14-25(20-9-10-20)17-26-13-11-22(24-26)19-7-4-8-21(15-19)27-16-18-5-2-1-3-6-18/h1-8,11,13,15,20H,9-10,14,16-17H2. The molecule has 0 N–H and O–H groups in total. The van der Waals surface area contributed by atoms with E-state index in [1.54, 1.807) is 0 Å². The molecule has 1 aliphatic carbocycles. The first kappa shape index (κ1) is 17.3. The van der Waals surface area contributed by atoms with Crippen LogP contribution in [0, 0.1) is 11.3 Å². The summed E-state index contributed by atoms with van der Waals surface area (Å²) in [4.78, 5) is 2.18. The molecule has 0 spiro atoms. The van der Waals surface area contributed by atoms with E-state index in [0.29, 0.717) is 25.9 Å². The first-order valence-electron chi connectivity index (χ1n) is 9.23. The van der Waals surface area contributed by atoms with Crippen molar-refractivity contribution in [3.63, 3.8) is 0 Å². The Hall–Kier alpha value is -3.10. The molecule has 27 heavy (non-hydrogen) atoms. The predicted octanol–water partition coefficient (Wildman–Crippen LogP) is 4.07. The van der Waals surface area contributed by atoms with Gasteiger partial charge < -0.3 is 4.74 Å². The molecule has 0 atom stereocenters. The SMILES string of the molecule is N#CCN(Cn1ccc(-c2cccc(OCc3ccccc3)c2)n1)C1CC1. The number of hydrogen-bond acceptors (Lipinski definition) is 4. The Balaban J connectivity index is 1.43. The highest BCUT2D eigenvalue weighted by atomic mass is 16.5. The van der Waals surface area contributed by atoms with E-state index in [0.717, 1.165) is 22.6 Å². The largest absolute Gasteiger partial charge is 0.489 e. The Kier molecular flexibility index (Phi) is 5.17. The van der Waals surface area contributed by atoms with Crippen molar-refractivity contribution >= 4 is 0 Å². The monoisotopic (exact) mass is 358 g/mol. The molecule has 0 aliphatic heterocycles. The fraction of sp³-hybridized carbons (Fsp3) is 0.273. The van der Waals surface area contributed by atoms with Gasteiger partial charge in [-0.3, -0.25) is 9.58 Å². The third-order valence-corrected chi connectivity index (χ3v) is 4.68. The molecule has 0 bridgehead atoms. The van der Waals surface area contributed by atoms with Gasteiger partial charge in [0, 0.05) is 17.8 Å². The number of nitrogens with zero attached hydrogens (tertiary/aromatic N) is 4. The second-order valence-corrected chi connectivity index (χ2v) is 6.82. The lowest BCUT2D eigenvalue weighted by Gasteiger charge is -2.17. The smallest absolute Gasteiger partial charge is 0.120 e. The van der Waals surface area contributed by atoms with E-state index >= 15 is 0 Å². The summed E-state index contributed by atoms with van der Waals surface area (Å²) in [6.07, 6.45) is 4.33. The average molecular weight is 358 g/mol. The zero-order chi connectivity index (χ0) is 18.5. The molecule has 0 radical (unpaired) electrons. The first-order valence-corrected chi connectivity index (χ1v) is 9.23. The highest BCUT2D eigenvalue weighted by Crippen LogP contribution is 2.27. The number of hydrogen-bond donors (Lipinski definition) is 0. The van der Waals surface area contributed by atoms with Gasteiger partial charge >= 0.3 is 0 Å². The molecule has 3 aromatic rings. The normalized spacial score (nSPS) is 13.5. The van der Waals surface area contributed by atoms with Gasteiger partial charge in [-0.15, -0.1) is 0 Å². The van der Waals surface area contributed by atoms with Gasteiger partial charge in [-0.2, -0.15) is 10.4 Å². The fourth-order valence-corrected chi connectivity index (χ4v) is 3.09. The van der Waals surface area contributed by atoms with Gasteiger partial charge in [0.05, 0.1) is 25.0 Å². The molecular formula is C22H22N4O. The highest BCUT2D eigenvalue weighted by Gasteiger charge is 2.28. The van der Waals surface area contributed by atoms with Crippen molar-refractivity contribution < 1.29 is 4.74 Å². The van der Waals surface area contributed by atoms with Gasteiger partial charge in [-0.1, -0.05) is 42.5 Å². The quantitative estimate of drug-likeness (QED) is 0.570. The Morgan fingerprint density at radius 1 is 1.11 bits per heavy atom. The van der Waals surface area contributed by atoms with E-state index in [1.807, 2.05) is 59.4 Å². The van der Waals surface area contributed by atoms with Crippen molar-refractivity contribution in [3.8, 4) is 23.1 Å². The second kappa shape index (κ2) is 8.07. The molecule has 4 rings (SSSR count). The summed E-state index contributed by atoms with van der Waals surface area (Å²) < 4.78 is 7.82. The molecule has 1 aromatic heterocycles. The van der Waals surface area contributed by atoms with Crippen molar-refractivity contribution in [1.82, 2.24) is 14.7 Å². The molecule has 0 unspecified atom stereocenters. The zero-order valence-electron chi connectivity index (χ0n) is 15.2. The van der Waals surface area contributed by atoms with Gasteiger partial charge in [-0.05, 0) is 36.6 Å². The molecule has 136 valence electrons. The maximum absolute atomic E-state index is 9.00. The Morgan fingerprint density at radius 3 is 2.74 bits per heavy atom. The van der Waals surface area contributed by atoms with Crippen LogP contribution in [-0.4, -0.2) is 27.3 Å². The van der Waals surface area contributed by atoms with Gasteiger partial charge in [0.25, 0.3) is 0 Å². The summed E-state index contributed by atoms with van der Waals surface area (Å²) in [5.41, 5.74) is 3.08. The number of aromatic nitrogens is 2. The third-order valence-electron chi connectivity index (χ3n) is 4.68. The van der Waals surface area contributed by atoms with Gasteiger partial charge in [0.15, 0.2) is 0 Å². The van der Waals surface area contributed by atoms with Crippen LogP contribution < -0.4 is 4.74 Å². The molecule has 0 saturated heterocycles. The van der Waals surface area contributed by atoms with Crippen LogP contribution in [0.1, 0.15) is 18.4 Å². The summed E-state index contributed by atoms with van der Waals surface area (Å²) in [6.45, 7) is 1.65. The maximum atomic E-state index is 9.00. The lowest BCUT2D eigenvalue weighted by molar-refractivity contribution is 0.222. The van der Waals surface area contributed by atoms with Gasteiger partial charge in [0.2, 0.25) is 0 Å². The van der Waals surface area contributed by atoms with Crippen LogP contribution in [0.5, 0.6) is 5.75 Å². The maximum Gasteiger partial charge on any atom is 0.120 e. The van der Waals surface area contributed by atoms with E-state index in [4.69, 9.17) is 10.00 Å². The number of ether oxygens (including phenoxy) is 1. The first-order chi connectivity index (χ1) is 13.3. The Morgan fingerprint density at radius 2 is 1.96 bits per heavy atom. The summed E-state index contributed by atoms with van der Waals surface area (Å²) in [5.74, 6) is 0.829. The Labute approximate surface area is 159 Å². The van der Waals surface area contributed by atoms with Crippen LogP contribution in [0.2, 0.25) is 0 Å². The molecular weight excluding hydrogens is 336 g/mol. The van der Waals surface area contributed by atoms with Crippen LogP contribution in [0.4, 0.5) is 0 Å². The molecule has 1 saturated carbocycles. The van der Waals surface area contributed by atoms with Crippen molar-refractivity contribution in [2.75, 3.05) is 6.54 Å². The van der Waals surface area contributed by atoms with Crippen molar-refractivity contribution in [2.24, 2.45) is 0 Å². The molecule has 1 heterocycles. The van der Waals surface area contributed by atoms with Gasteiger partial charge in [-0.25, -0.2) is 0 Å². The van der Waals surface area contributed by atoms with E-state index < -0.39 is 0 Å². The second-order valence-electron chi connectivity index (χ2n) is 6.82. The topological polar surface area (TPSA) is 54.1 Å². The van der Waals surface area contributed by atoms with Gasteiger partial charge in [0.1, 0.15) is 12.4 Å². The highest BCUT2D eigenvalue weighted by molar-refractivity contribution is 5.60. The lowest BCUT2D eigenvalue weighted by Crippen LogP contribution is -2.29. The Bertz CT molecular complexity index is 925. The van der Waals surface area contributed by atoms with E-state index in [1.165, 1.54) is 12.8 Å². The van der Waals surface area contributed by atoms with E-state index in [9.17, 15) is 0 Å². The molecule has 2 aromatic carbocycles. The summed E-state index contributed by atoms with van der Waals surface area (Å²) >= 11 is 0. The predicted molar refractivity (Wildman–Crippen MR) is 104 cm³/mol. The van der Waals surface area contributed by atoms with Crippen LogP contribution >= 0.6 is 0 Å². The van der Waals surface area contributed by atoms with Crippen molar-refractivity contribution in [1.29, 1.82) is 5.26 Å². The van der Waals surface area contributed by atoms with Crippen LogP contribution in [0.3, 0.4) is 0 Å². The summed E-state index contributed by atoms with van der Waals surface area (Å²) in [7, 11) is 0. The molecule has 1 aliphatic rings. The zero-order valence-corrected chi connectivity index (χ0v) is 15.2. The molecule has 5 heteroatoms. The summed E-state index contributed by atoms with van der Waals surface area (Å²) in [6, 6.07) is 22.9. The van der Waals surface area contributed by atoms with Crippen molar-refractivity contribution in [2.45, 2.75) is 32.2 Å². The summed E-state index contributed by atoms with van der Waals surface area (Å²) in [5, 5.41) is 13.7. The van der Waals surface area contributed by atoms with Crippen molar-refractivity contribution in [3.05, 3.63) is 72.4 Å². The average Bonchev–Trinajstić information content (AvgIpc) is 3.46. The number of rotatable bonds is 8.